The predicted octanol–water partition coefficient (Wildman–Crippen LogP) is 1.23. The number of nitrogen functional groups attached to an aromatic ring is 1. The maximum Gasteiger partial charge on any atom is 0.238 e. The number of primary sulfonamides is 1. The second-order valence-corrected chi connectivity index (χ2v) is 6.07. The Bertz CT molecular complexity index is 735. The summed E-state index contributed by atoms with van der Waals surface area (Å²) in [6.07, 6.45) is 1.64. The van der Waals surface area contributed by atoms with Gasteiger partial charge in [-0.15, -0.1) is 0 Å². The number of nitrogens with zero attached hydrogens (tertiary/aromatic N) is 2. The molecule has 1 heterocycles. The molecule has 20 heavy (non-hydrogen) atoms. The summed E-state index contributed by atoms with van der Waals surface area (Å²) < 4.78 is 24.4. The molecule has 0 aliphatic carbocycles. The van der Waals surface area contributed by atoms with Gasteiger partial charge in [-0.25, -0.2) is 18.2 Å². The van der Waals surface area contributed by atoms with Crippen LogP contribution in [0.1, 0.15) is 25.2 Å². The van der Waals surface area contributed by atoms with Crippen LogP contribution in [-0.4, -0.2) is 18.2 Å². The van der Waals surface area contributed by atoms with Crippen LogP contribution in [0.4, 0.5) is 5.69 Å². The lowest BCUT2D eigenvalue weighted by atomic mass is 10.2. The molecule has 1 aromatic heterocycles. The lowest BCUT2D eigenvalue weighted by Gasteiger charge is -2.10. The molecule has 4 N–H and O–H groups in total. The van der Waals surface area contributed by atoms with E-state index in [2.05, 4.69) is 5.10 Å². The summed E-state index contributed by atoms with van der Waals surface area (Å²) in [6.45, 7) is 4.06. The molecule has 0 bridgehead atoms. The molecular formula is C13H18N4O2S. The Morgan fingerprint density at radius 2 is 1.90 bits per heavy atom. The van der Waals surface area contributed by atoms with E-state index in [9.17, 15) is 8.42 Å². The highest BCUT2D eigenvalue weighted by atomic mass is 32.2. The first-order valence-electron chi connectivity index (χ1n) is 6.37. The molecule has 0 spiro atoms. The molecule has 0 amide bonds. The number of rotatable bonds is 4. The summed E-state index contributed by atoms with van der Waals surface area (Å²) in [5.74, 6) is 0. The molecule has 0 radical (unpaired) electrons. The van der Waals surface area contributed by atoms with Crippen LogP contribution in [-0.2, 0) is 22.9 Å². The van der Waals surface area contributed by atoms with Gasteiger partial charge in [0.15, 0.2) is 0 Å². The second kappa shape index (κ2) is 5.26. The van der Waals surface area contributed by atoms with Gasteiger partial charge in [0.05, 0.1) is 22.0 Å². The van der Waals surface area contributed by atoms with Gasteiger partial charge in [-0.3, -0.25) is 0 Å². The average molecular weight is 294 g/mol. The molecule has 0 saturated heterocycles. The molecule has 0 atom stereocenters. The lowest BCUT2D eigenvalue weighted by Crippen LogP contribution is -2.13. The van der Waals surface area contributed by atoms with Crippen LogP contribution in [0.5, 0.6) is 0 Å². The zero-order valence-electron chi connectivity index (χ0n) is 11.5. The van der Waals surface area contributed by atoms with E-state index < -0.39 is 10.0 Å². The summed E-state index contributed by atoms with van der Waals surface area (Å²) in [4.78, 5) is -0.000306. The van der Waals surface area contributed by atoms with Crippen LogP contribution >= 0.6 is 0 Å². The molecule has 108 valence electrons. The van der Waals surface area contributed by atoms with E-state index >= 15 is 0 Å². The first-order valence-corrected chi connectivity index (χ1v) is 7.92. The van der Waals surface area contributed by atoms with Gasteiger partial charge < -0.3 is 5.73 Å². The van der Waals surface area contributed by atoms with E-state index in [-0.39, 0.29) is 4.90 Å². The van der Waals surface area contributed by atoms with Crippen LogP contribution in [0.3, 0.4) is 0 Å². The number of hydrogen-bond donors (Lipinski definition) is 2. The van der Waals surface area contributed by atoms with Crippen LogP contribution in [0.15, 0.2) is 29.2 Å². The molecule has 0 unspecified atom stereocenters. The Hall–Kier alpha value is -1.86. The molecular weight excluding hydrogens is 276 g/mol. The van der Waals surface area contributed by atoms with E-state index in [0.717, 1.165) is 24.2 Å². The van der Waals surface area contributed by atoms with Crippen LogP contribution in [0.2, 0.25) is 0 Å². The van der Waals surface area contributed by atoms with Gasteiger partial charge in [0.1, 0.15) is 0 Å². The lowest BCUT2D eigenvalue weighted by molar-refractivity contribution is 0.598. The van der Waals surface area contributed by atoms with Crippen molar-refractivity contribution in [2.24, 2.45) is 5.14 Å². The van der Waals surface area contributed by atoms with Gasteiger partial charge in [0.25, 0.3) is 0 Å². The third kappa shape index (κ3) is 2.68. The Morgan fingerprint density at radius 3 is 2.40 bits per heavy atom. The molecule has 2 rings (SSSR count). The summed E-state index contributed by atoms with van der Waals surface area (Å²) in [7, 11) is -3.75. The van der Waals surface area contributed by atoms with E-state index in [4.69, 9.17) is 10.9 Å². The maximum absolute atomic E-state index is 11.3. The third-order valence-corrected chi connectivity index (χ3v) is 4.02. The fourth-order valence-electron chi connectivity index (χ4n) is 2.01. The minimum absolute atomic E-state index is 0.000306. The summed E-state index contributed by atoms with van der Waals surface area (Å²) in [5.41, 5.74) is 8.93. The van der Waals surface area contributed by atoms with Gasteiger partial charge in [-0.1, -0.05) is 13.8 Å². The predicted molar refractivity (Wildman–Crippen MR) is 78.1 cm³/mol. The maximum atomic E-state index is 11.3. The zero-order valence-corrected chi connectivity index (χ0v) is 12.3. The fourth-order valence-corrected chi connectivity index (χ4v) is 2.56. The largest absolute Gasteiger partial charge is 0.397 e. The van der Waals surface area contributed by atoms with E-state index in [1.165, 1.54) is 12.1 Å². The van der Waals surface area contributed by atoms with Crippen LogP contribution in [0.25, 0.3) is 5.69 Å². The summed E-state index contributed by atoms with van der Waals surface area (Å²) >= 11 is 0. The van der Waals surface area contributed by atoms with Crippen molar-refractivity contribution >= 4 is 15.7 Å². The Morgan fingerprint density at radius 1 is 1.20 bits per heavy atom. The van der Waals surface area contributed by atoms with Gasteiger partial charge in [-0.2, -0.15) is 5.10 Å². The summed E-state index contributed by atoms with van der Waals surface area (Å²) in [6, 6.07) is 6.44. The molecule has 6 nitrogen and oxygen atoms in total. The van der Waals surface area contributed by atoms with E-state index in [1.54, 1.807) is 10.7 Å². The molecule has 0 fully saturated rings. The van der Waals surface area contributed by atoms with E-state index in [1.807, 2.05) is 19.9 Å². The van der Waals surface area contributed by atoms with Gasteiger partial charge in [0, 0.05) is 5.69 Å². The Balaban J connectivity index is 2.56. The third-order valence-electron chi connectivity index (χ3n) is 3.11. The topological polar surface area (TPSA) is 104 Å². The first kappa shape index (κ1) is 14.5. The Labute approximate surface area is 118 Å². The molecule has 2 aromatic rings. The number of aromatic nitrogens is 2. The number of hydrogen-bond acceptors (Lipinski definition) is 4. The standard InChI is InChI=1S/C13H18N4O2S/c1-3-9-7-10(4-2)17(16-9)13-6-5-11(8-12(13)14)20(15,18)19/h5-8H,3-4,14H2,1-2H3,(H2,15,18,19). The molecule has 0 saturated carbocycles. The van der Waals surface area contributed by atoms with Crippen molar-refractivity contribution < 1.29 is 8.42 Å². The highest BCUT2D eigenvalue weighted by Gasteiger charge is 2.14. The van der Waals surface area contributed by atoms with Crippen molar-refractivity contribution in [1.82, 2.24) is 9.78 Å². The highest BCUT2D eigenvalue weighted by molar-refractivity contribution is 7.89. The van der Waals surface area contributed by atoms with E-state index in [0.29, 0.717) is 11.4 Å². The van der Waals surface area contributed by atoms with Gasteiger partial charge in [0.2, 0.25) is 10.0 Å². The number of benzene rings is 1. The van der Waals surface area contributed by atoms with Gasteiger partial charge in [-0.05, 0) is 37.1 Å². The van der Waals surface area contributed by atoms with Crippen molar-refractivity contribution in [2.75, 3.05) is 5.73 Å². The van der Waals surface area contributed by atoms with Crippen LogP contribution in [0, 0.1) is 0 Å². The van der Waals surface area contributed by atoms with Crippen molar-refractivity contribution in [3.8, 4) is 5.69 Å². The fraction of sp³-hybridized carbons (Fsp3) is 0.308. The van der Waals surface area contributed by atoms with Crippen molar-refractivity contribution in [2.45, 2.75) is 31.6 Å². The smallest absolute Gasteiger partial charge is 0.238 e. The first-order chi connectivity index (χ1) is 9.36. The minimum atomic E-state index is -3.75. The SMILES string of the molecule is CCc1cc(CC)n(-c2ccc(S(N)(=O)=O)cc2N)n1. The highest BCUT2D eigenvalue weighted by Crippen LogP contribution is 2.23. The summed E-state index contributed by atoms with van der Waals surface area (Å²) in [5, 5.41) is 9.57. The van der Waals surface area contributed by atoms with Crippen molar-refractivity contribution in [1.29, 1.82) is 0 Å². The molecule has 1 aromatic carbocycles. The second-order valence-electron chi connectivity index (χ2n) is 4.51. The van der Waals surface area contributed by atoms with Crippen molar-refractivity contribution in [3.63, 3.8) is 0 Å². The zero-order chi connectivity index (χ0) is 14.9. The monoisotopic (exact) mass is 294 g/mol. The number of aryl methyl sites for hydroxylation is 2. The number of nitrogens with two attached hydrogens (primary N) is 2. The quantitative estimate of drug-likeness (QED) is 0.827. The molecule has 7 heteroatoms. The number of sulfonamides is 1. The normalized spacial score (nSPS) is 11.8. The molecule has 0 aliphatic rings. The Kier molecular flexibility index (Phi) is 3.82. The number of anilines is 1. The van der Waals surface area contributed by atoms with Crippen LogP contribution < -0.4 is 10.9 Å². The van der Waals surface area contributed by atoms with Gasteiger partial charge >= 0.3 is 0 Å². The minimum Gasteiger partial charge on any atom is -0.397 e. The average Bonchev–Trinajstić information content (AvgIpc) is 2.80. The molecule has 0 aliphatic heterocycles. The van der Waals surface area contributed by atoms with Crippen molar-refractivity contribution in [3.05, 3.63) is 35.7 Å².